The average molecular weight is 423 g/mol. The maximum atomic E-state index is 14.0. The number of piperidine rings is 1. The predicted octanol–water partition coefficient (Wildman–Crippen LogP) is 2.66. The Morgan fingerprint density at radius 3 is 2.27 bits per heavy atom. The Morgan fingerprint density at radius 1 is 1.03 bits per heavy atom. The lowest BCUT2D eigenvalue weighted by atomic mass is 9.82. The number of hydrogen-bond donors (Lipinski definition) is 2. The summed E-state index contributed by atoms with van der Waals surface area (Å²) >= 11 is 0. The number of benzene rings is 1. The van der Waals surface area contributed by atoms with Crippen LogP contribution in [0.3, 0.4) is 0 Å². The van der Waals surface area contributed by atoms with E-state index in [9.17, 15) is 22.8 Å². The first-order valence-corrected chi connectivity index (χ1v) is 10.8. The fourth-order valence-electron chi connectivity index (χ4n) is 5.19. The van der Waals surface area contributed by atoms with Crippen LogP contribution in [0.4, 0.5) is 13.2 Å². The second-order valence-electron chi connectivity index (χ2n) is 8.99. The minimum atomic E-state index is -1.21. The molecule has 0 radical (unpaired) electrons. The van der Waals surface area contributed by atoms with Crippen molar-refractivity contribution in [3.8, 4) is 0 Å². The number of hydrogen-bond acceptors (Lipinski definition) is 3. The molecule has 0 spiro atoms. The zero-order chi connectivity index (χ0) is 21.4. The highest BCUT2D eigenvalue weighted by molar-refractivity contribution is 5.86. The van der Waals surface area contributed by atoms with Gasteiger partial charge in [0.2, 0.25) is 11.8 Å². The molecule has 8 heteroatoms. The molecular weight excluding hydrogens is 395 g/mol. The van der Waals surface area contributed by atoms with Gasteiger partial charge in [0.05, 0.1) is 6.54 Å². The van der Waals surface area contributed by atoms with Crippen molar-refractivity contribution in [2.45, 2.75) is 69.5 Å². The number of carbonyl (C=O) groups is 2. The zero-order valence-electron chi connectivity index (χ0n) is 16.9. The van der Waals surface area contributed by atoms with Crippen molar-refractivity contribution in [3.05, 3.63) is 35.1 Å². The van der Waals surface area contributed by atoms with Gasteiger partial charge in [-0.15, -0.1) is 0 Å². The number of nitrogens with two attached hydrogens (primary N) is 1. The summed E-state index contributed by atoms with van der Waals surface area (Å²) < 4.78 is 40.6. The van der Waals surface area contributed by atoms with E-state index < -0.39 is 23.5 Å². The molecule has 4 atom stereocenters. The number of carbonyl (C=O) groups excluding carboxylic acids is 2. The van der Waals surface area contributed by atoms with Crippen molar-refractivity contribution in [2.75, 3.05) is 6.54 Å². The van der Waals surface area contributed by atoms with Crippen LogP contribution in [0.25, 0.3) is 0 Å². The lowest BCUT2D eigenvalue weighted by molar-refractivity contribution is -0.138. The van der Waals surface area contributed by atoms with Crippen LogP contribution in [-0.4, -0.2) is 41.4 Å². The number of fused-ring (bicyclic) bond motifs is 2. The fourth-order valence-corrected chi connectivity index (χ4v) is 5.19. The first-order chi connectivity index (χ1) is 14.3. The van der Waals surface area contributed by atoms with Gasteiger partial charge in [-0.05, 0) is 62.5 Å². The van der Waals surface area contributed by atoms with E-state index >= 15 is 0 Å². The third-order valence-electron chi connectivity index (χ3n) is 7.10. The quantitative estimate of drug-likeness (QED) is 0.691. The fraction of sp³-hybridized carbons (Fsp3) is 0.636. The predicted molar refractivity (Wildman–Crippen MR) is 105 cm³/mol. The Labute approximate surface area is 174 Å². The smallest absolute Gasteiger partial charge is 0.242 e. The van der Waals surface area contributed by atoms with Crippen LogP contribution in [0.5, 0.6) is 0 Å². The Morgan fingerprint density at radius 2 is 1.67 bits per heavy atom. The van der Waals surface area contributed by atoms with Gasteiger partial charge in [0.15, 0.2) is 11.6 Å². The molecule has 164 valence electrons. The lowest BCUT2D eigenvalue weighted by Gasteiger charge is -2.41. The number of nitrogens with zero attached hydrogens (tertiary/aromatic N) is 1. The zero-order valence-corrected chi connectivity index (χ0v) is 16.9. The van der Waals surface area contributed by atoms with Gasteiger partial charge in [-0.1, -0.05) is 6.42 Å². The molecule has 1 aromatic carbocycles. The second kappa shape index (κ2) is 8.57. The number of rotatable bonds is 6. The largest absolute Gasteiger partial charge is 0.347 e. The second-order valence-corrected chi connectivity index (χ2v) is 8.99. The summed E-state index contributed by atoms with van der Waals surface area (Å²) in [6, 6.07) is 1.15. The molecule has 0 aromatic heterocycles. The molecule has 3 fully saturated rings. The molecule has 1 saturated carbocycles. The van der Waals surface area contributed by atoms with Gasteiger partial charge in [-0.2, -0.15) is 0 Å². The van der Waals surface area contributed by atoms with Crippen LogP contribution < -0.4 is 11.1 Å². The molecule has 30 heavy (non-hydrogen) atoms. The number of halogens is 3. The standard InChI is InChI=1S/C22H28F3N3O2/c23-17-10-19(25)18(24)8-13(17)9-20(26)14-6-15-4-5-16(7-14)28(15)21(29)11-27-22(30)12-2-1-3-12/h8,10,12,14-16,20H,1-7,9,11,26H2,(H,27,30)/t14?,15-,16+,20?. The Hall–Kier alpha value is -2.09. The molecule has 3 N–H and O–H groups in total. The Balaban J connectivity index is 1.33. The van der Waals surface area contributed by atoms with Crippen LogP contribution in [0.1, 0.15) is 50.5 Å². The van der Waals surface area contributed by atoms with E-state index in [4.69, 9.17) is 5.73 Å². The van der Waals surface area contributed by atoms with E-state index in [-0.39, 0.29) is 54.3 Å². The molecule has 2 heterocycles. The molecule has 2 unspecified atom stereocenters. The molecule has 2 saturated heterocycles. The highest BCUT2D eigenvalue weighted by atomic mass is 19.2. The third kappa shape index (κ3) is 4.19. The summed E-state index contributed by atoms with van der Waals surface area (Å²) in [5.41, 5.74) is 6.40. The van der Waals surface area contributed by atoms with Crippen molar-refractivity contribution in [3.63, 3.8) is 0 Å². The van der Waals surface area contributed by atoms with Gasteiger partial charge < -0.3 is 16.0 Å². The van der Waals surface area contributed by atoms with Crippen molar-refractivity contribution in [1.82, 2.24) is 10.2 Å². The Kier molecular flexibility index (Phi) is 6.04. The summed E-state index contributed by atoms with van der Waals surface area (Å²) in [6.07, 6.45) is 6.15. The molecule has 3 aliphatic rings. The summed E-state index contributed by atoms with van der Waals surface area (Å²) in [6.45, 7) is 0.0269. The summed E-state index contributed by atoms with van der Waals surface area (Å²) in [7, 11) is 0. The van der Waals surface area contributed by atoms with E-state index in [1.165, 1.54) is 0 Å². The van der Waals surface area contributed by atoms with Crippen LogP contribution in [0, 0.1) is 29.3 Å². The highest BCUT2D eigenvalue weighted by Gasteiger charge is 2.44. The first-order valence-electron chi connectivity index (χ1n) is 10.8. The summed E-state index contributed by atoms with van der Waals surface area (Å²) in [5, 5.41) is 2.77. The van der Waals surface area contributed by atoms with Crippen LogP contribution in [-0.2, 0) is 16.0 Å². The van der Waals surface area contributed by atoms with Crippen LogP contribution in [0.15, 0.2) is 12.1 Å². The lowest BCUT2D eigenvalue weighted by Crippen LogP contribution is -2.53. The van der Waals surface area contributed by atoms with Crippen molar-refractivity contribution >= 4 is 11.8 Å². The first kappa shape index (κ1) is 21.2. The number of nitrogens with one attached hydrogen (secondary N) is 1. The van der Waals surface area contributed by atoms with E-state index in [0.717, 1.165) is 38.2 Å². The maximum Gasteiger partial charge on any atom is 0.242 e. The SMILES string of the molecule is NC(Cc1cc(F)c(F)cc1F)C1C[C@H]2CC[C@@H](C1)N2C(=O)CNC(=O)C1CCC1. The maximum absolute atomic E-state index is 14.0. The normalized spacial score (nSPS) is 26.9. The molecule has 1 aromatic rings. The molecule has 1 aliphatic carbocycles. The number of amides is 2. The average Bonchev–Trinajstić information content (AvgIpc) is 2.92. The molecule has 4 rings (SSSR count). The van der Waals surface area contributed by atoms with Crippen molar-refractivity contribution in [2.24, 2.45) is 17.6 Å². The summed E-state index contributed by atoms with van der Waals surface area (Å²) in [5.74, 6) is -3.05. The molecule has 5 nitrogen and oxygen atoms in total. The van der Waals surface area contributed by atoms with Gasteiger partial charge in [-0.3, -0.25) is 9.59 Å². The van der Waals surface area contributed by atoms with E-state index in [2.05, 4.69) is 5.32 Å². The van der Waals surface area contributed by atoms with Gasteiger partial charge in [0.1, 0.15) is 5.82 Å². The topological polar surface area (TPSA) is 75.4 Å². The molecule has 2 bridgehead atoms. The van der Waals surface area contributed by atoms with Gasteiger partial charge in [-0.25, -0.2) is 13.2 Å². The van der Waals surface area contributed by atoms with E-state index in [1.807, 2.05) is 4.90 Å². The van der Waals surface area contributed by atoms with E-state index in [0.29, 0.717) is 18.9 Å². The monoisotopic (exact) mass is 423 g/mol. The van der Waals surface area contributed by atoms with Crippen LogP contribution >= 0.6 is 0 Å². The van der Waals surface area contributed by atoms with Crippen molar-refractivity contribution in [1.29, 1.82) is 0 Å². The molecular formula is C22H28F3N3O2. The Bertz CT molecular complexity index is 816. The molecule has 2 aliphatic heterocycles. The summed E-state index contributed by atoms with van der Waals surface area (Å²) in [4.78, 5) is 26.6. The van der Waals surface area contributed by atoms with E-state index in [1.54, 1.807) is 0 Å². The van der Waals surface area contributed by atoms with Crippen LogP contribution in [0.2, 0.25) is 0 Å². The minimum Gasteiger partial charge on any atom is -0.347 e. The minimum absolute atomic E-state index is 0.0269. The molecule has 2 amide bonds. The van der Waals surface area contributed by atoms with Crippen molar-refractivity contribution < 1.29 is 22.8 Å². The van der Waals surface area contributed by atoms with Gasteiger partial charge in [0.25, 0.3) is 0 Å². The third-order valence-corrected chi connectivity index (χ3v) is 7.10. The van der Waals surface area contributed by atoms with Gasteiger partial charge in [0, 0.05) is 30.1 Å². The highest BCUT2D eigenvalue weighted by Crippen LogP contribution is 2.40. The van der Waals surface area contributed by atoms with Gasteiger partial charge >= 0.3 is 0 Å².